The van der Waals surface area contributed by atoms with Crippen molar-refractivity contribution in [3.05, 3.63) is 136 Å². The van der Waals surface area contributed by atoms with Gasteiger partial charge in [-0.05, 0) is 66.7 Å². The largest absolute Gasteiger partial charge is 0.461 e. The molecule has 0 bridgehead atoms. The zero-order valence-electron chi connectivity index (χ0n) is 24.3. The third-order valence-electron chi connectivity index (χ3n) is 6.99. The molecule has 13 heteroatoms. The fourth-order valence-electron chi connectivity index (χ4n) is 4.94. The number of alkyl halides is 7. The summed E-state index contributed by atoms with van der Waals surface area (Å²) in [6.07, 6.45) is -14.6. The molecule has 4 nitrogen and oxygen atoms in total. The Labute approximate surface area is 258 Å². The first-order valence-corrected chi connectivity index (χ1v) is 13.6. The van der Waals surface area contributed by atoms with Crippen LogP contribution in [0.4, 0.5) is 39.5 Å². The van der Waals surface area contributed by atoms with Gasteiger partial charge in [0.25, 0.3) is 5.91 Å². The first kappa shape index (κ1) is 34.4. The van der Waals surface area contributed by atoms with Crippen molar-refractivity contribution in [1.29, 1.82) is 0 Å². The van der Waals surface area contributed by atoms with Crippen LogP contribution in [0.1, 0.15) is 38.2 Å². The Balaban J connectivity index is 1.97. The van der Waals surface area contributed by atoms with E-state index in [1.807, 2.05) is 19.0 Å². The predicted octanol–water partition coefficient (Wildman–Crippen LogP) is 8.20. The molecule has 4 aromatic carbocycles. The molecule has 0 aliphatic rings. The average Bonchev–Trinajstić information content (AvgIpc) is 2.96. The molecule has 0 saturated heterocycles. The lowest BCUT2D eigenvalue weighted by atomic mass is 9.77. The zero-order chi connectivity index (χ0) is 33.9. The molecule has 1 N–H and O–H groups in total. The van der Waals surface area contributed by atoms with Crippen molar-refractivity contribution in [3.8, 4) is 5.75 Å². The van der Waals surface area contributed by atoms with Crippen molar-refractivity contribution in [3.63, 3.8) is 0 Å². The fraction of sp³-hybridized carbons (Fsp3) is 0.242. The summed E-state index contributed by atoms with van der Waals surface area (Å²) < 4.78 is 128. The Hall–Kier alpha value is -4.52. The molecule has 0 fully saturated rings. The molecule has 0 radical (unpaired) electrons. The van der Waals surface area contributed by atoms with E-state index in [4.69, 9.17) is 0 Å². The molecule has 0 aliphatic carbocycles. The number of nitrogens with zero attached hydrogens (tertiary/aromatic N) is 1. The number of carbonyl (C=O) groups excluding carboxylic acids is 1. The number of halogens is 9. The molecule has 0 aliphatic heterocycles. The highest BCUT2D eigenvalue weighted by atomic mass is 19.4. The van der Waals surface area contributed by atoms with Crippen molar-refractivity contribution in [2.24, 2.45) is 0 Å². The molecule has 0 spiro atoms. The number of hydrogen-bond donors (Lipinski definition) is 1. The van der Waals surface area contributed by atoms with Crippen molar-refractivity contribution in [1.82, 2.24) is 10.2 Å². The lowest BCUT2D eigenvalue weighted by Gasteiger charge is -2.37. The van der Waals surface area contributed by atoms with E-state index in [0.717, 1.165) is 23.8 Å². The van der Waals surface area contributed by atoms with E-state index in [1.54, 1.807) is 54.6 Å². The van der Waals surface area contributed by atoms with Crippen LogP contribution in [0.2, 0.25) is 0 Å². The van der Waals surface area contributed by atoms with Crippen LogP contribution in [-0.4, -0.2) is 37.4 Å². The number of benzene rings is 4. The van der Waals surface area contributed by atoms with Crippen LogP contribution in [-0.2, 0) is 24.7 Å². The van der Waals surface area contributed by atoms with E-state index < -0.39 is 58.7 Å². The van der Waals surface area contributed by atoms with Crippen molar-refractivity contribution < 1.29 is 49.0 Å². The lowest BCUT2D eigenvalue weighted by molar-refractivity contribution is -0.253. The Kier molecular flexibility index (Phi) is 10.0. The summed E-state index contributed by atoms with van der Waals surface area (Å²) in [6.45, 7) is 0.481. The topological polar surface area (TPSA) is 41.6 Å². The van der Waals surface area contributed by atoms with Gasteiger partial charge >= 0.3 is 18.7 Å². The van der Waals surface area contributed by atoms with Crippen molar-refractivity contribution in [2.45, 2.75) is 37.2 Å². The number of ether oxygens (including phenoxy) is 1. The molecule has 244 valence electrons. The predicted molar refractivity (Wildman–Crippen MR) is 152 cm³/mol. The molecule has 1 atom stereocenters. The maximum atomic E-state index is 15.1. The highest BCUT2D eigenvalue weighted by molar-refractivity contribution is 5.95. The highest BCUT2D eigenvalue weighted by Gasteiger charge is 2.45. The van der Waals surface area contributed by atoms with E-state index in [9.17, 15) is 39.9 Å². The van der Waals surface area contributed by atoms with Gasteiger partial charge in [0.2, 0.25) is 0 Å². The highest BCUT2D eigenvalue weighted by Crippen LogP contribution is 2.39. The van der Waals surface area contributed by atoms with Gasteiger partial charge in [-0.3, -0.25) is 4.79 Å². The quantitative estimate of drug-likeness (QED) is 0.166. The summed E-state index contributed by atoms with van der Waals surface area (Å²) in [5.41, 5.74) is -3.00. The van der Waals surface area contributed by atoms with Gasteiger partial charge in [0.05, 0.1) is 11.1 Å². The molecule has 0 unspecified atom stereocenters. The molecule has 4 rings (SSSR count). The first-order valence-electron chi connectivity index (χ1n) is 13.6. The number of amides is 1. The molecule has 4 aromatic rings. The second-order valence-corrected chi connectivity index (χ2v) is 10.8. The summed E-state index contributed by atoms with van der Waals surface area (Å²) >= 11 is 0. The van der Waals surface area contributed by atoms with Gasteiger partial charge in [-0.1, -0.05) is 54.6 Å². The fourth-order valence-corrected chi connectivity index (χ4v) is 4.94. The minimum absolute atomic E-state index is 0.225. The molecular weight excluding hydrogens is 627 g/mol. The second kappa shape index (κ2) is 13.5. The molecule has 0 aromatic heterocycles. The van der Waals surface area contributed by atoms with Gasteiger partial charge in [-0.2, -0.15) is 30.7 Å². The maximum absolute atomic E-state index is 15.1. The maximum Gasteiger partial charge on any atom is 0.461 e. The zero-order valence-corrected chi connectivity index (χ0v) is 24.3. The van der Waals surface area contributed by atoms with Crippen LogP contribution in [0.15, 0.2) is 91.0 Å². The smallest absolute Gasteiger partial charge is 0.428 e. The van der Waals surface area contributed by atoms with E-state index in [0.29, 0.717) is 30.3 Å². The number of hydrogen-bond acceptors (Lipinski definition) is 3. The second-order valence-electron chi connectivity index (χ2n) is 10.8. The Morgan fingerprint density at radius 3 is 2.04 bits per heavy atom. The third-order valence-corrected chi connectivity index (χ3v) is 6.99. The number of carbonyl (C=O) groups is 1. The standard InChI is InChI=1S/C33H27F9N2O2/c1-44(2)19-21-8-11-23(12-9-21)31(18-20-6-4-3-5-7-20,24-15-25(34)17-26(16-24)46-33(41,42)30(36)37)43-29(45)22-10-13-28(35)27(14-22)32(38,39)40/h3-17,30H,18-19H2,1-2H3,(H,43,45)/t31-/m1/s1. The van der Waals surface area contributed by atoms with Gasteiger partial charge in [-0.15, -0.1) is 0 Å². The summed E-state index contributed by atoms with van der Waals surface area (Å²) in [6, 6.07) is 18.4. The van der Waals surface area contributed by atoms with Gasteiger partial charge in [-0.25, -0.2) is 8.78 Å². The monoisotopic (exact) mass is 654 g/mol. The van der Waals surface area contributed by atoms with Gasteiger partial charge in [0.15, 0.2) is 0 Å². The Bertz CT molecular complexity index is 1660. The van der Waals surface area contributed by atoms with Crippen molar-refractivity contribution in [2.75, 3.05) is 14.1 Å². The van der Waals surface area contributed by atoms with Crippen molar-refractivity contribution >= 4 is 5.91 Å². The van der Waals surface area contributed by atoms with Crippen LogP contribution in [0, 0.1) is 11.6 Å². The number of nitrogens with one attached hydrogen (secondary N) is 1. The lowest BCUT2D eigenvalue weighted by Crippen LogP contribution is -2.49. The molecule has 0 heterocycles. The molecule has 46 heavy (non-hydrogen) atoms. The summed E-state index contributed by atoms with van der Waals surface area (Å²) in [5, 5.41) is 2.63. The summed E-state index contributed by atoms with van der Waals surface area (Å²) in [4.78, 5) is 15.6. The van der Waals surface area contributed by atoms with E-state index in [1.165, 1.54) is 0 Å². The summed E-state index contributed by atoms with van der Waals surface area (Å²) in [7, 11) is 3.63. The molecule has 0 saturated carbocycles. The number of rotatable bonds is 11. The first-order chi connectivity index (χ1) is 21.5. The van der Waals surface area contributed by atoms with Crippen LogP contribution in [0.3, 0.4) is 0 Å². The SMILES string of the molecule is CN(C)Cc1ccc([C@@](Cc2ccccc2)(NC(=O)c2ccc(F)c(C(F)(F)F)c2)c2cc(F)cc(OC(F)(F)C(F)F)c2)cc1. The van der Waals surface area contributed by atoms with E-state index >= 15 is 4.39 Å². The van der Waals surface area contributed by atoms with Crippen LogP contribution in [0.5, 0.6) is 5.75 Å². The minimum Gasteiger partial charge on any atom is -0.428 e. The molecular formula is C33H27F9N2O2. The van der Waals surface area contributed by atoms with E-state index in [2.05, 4.69) is 10.1 Å². The minimum atomic E-state index is -5.14. The third kappa shape index (κ3) is 8.00. The van der Waals surface area contributed by atoms with Crippen LogP contribution < -0.4 is 10.1 Å². The Morgan fingerprint density at radius 1 is 0.804 bits per heavy atom. The Morgan fingerprint density at radius 2 is 1.46 bits per heavy atom. The van der Waals surface area contributed by atoms with Gasteiger partial charge in [0, 0.05) is 24.6 Å². The van der Waals surface area contributed by atoms with Gasteiger partial charge in [0.1, 0.15) is 17.4 Å². The average molecular weight is 655 g/mol. The normalized spacial score (nSPS) is 13.5. The summed E-state index contributed by atoms with van der Waals surface area (Å²) in [5.74, 6) is -4.99. The van der Waals surface area contributed by atoms with Crippen LogP contribution in [0.25, 0.3) is 0 Å². The van der Waals surface area contributed by atoms with Gasteiger partial charge < -0.3 is 15.0 Å². The van der Waals surface area contributed by atoms with E-state index in [-0.39, 0.29) is 17.5 Å². The van der Waals surface area contributed by atoms with Crippen LogP contribution >= 0.6 is 0 Å². The molecule has 1 amide bonds.